The summed E-state index contributed by atoms with van der Waals surface area (Å²) < 4.78 is 17.4. The van der Waals surface area contributed by atoms with Gasteiger partial charge in [-0.25, -0.2) is 4.79 Å². The number of carbonyl (C=O) groups is 3. The zero-order valence-corrected chi connectivity index (χ0v) is 23.8. The van der Waals surface area contributed by atoms with E-state index in [-0.39, 0.29) is 37.0 Å². The van der Waals surface area contributed by atoms with Crippen molar-refractivity contribution in [3.8, 4) is 5.75 Å². The van der Waals surface area contributed by atoms with E-state index in [2.05, 4.69) is 21.1 Å². The predicted octanol–water partition coefficient (Wildman–Crippen LogP) is 4.68. The fourth-order valence-electron chi connectivity index (χ4n) is 5.12. The van der Waals surface area contributed by atoms with Crippen LogP contribution in [0.25, 0.3) is 0 Å². The zero-order valence-electron chi connectivity index (χ0n) is 23.0. The van der Waals surface area contributed by atoms with Gasteiger partial charge in [0.25, 0.3) is 5.91 Å². The average molecular weight is 582 g/mol. The molecule has 41 heavy (non-hydrogen) atoms. The molecule has 0 aliphatic carbocycles. The number of rotatable bonds is 6. The first-order chi connectivity index (χ1) is 19.7. The topological polar surface area (TPSA) is 135 Å². The lowest BCUT2D eigenvalue weighted by atomic mass is 9.94. The first kappa shape index (κ1) is 28.4. The van der Waals surface area contributed by atoms with Crippen LogP contribution in [0.5, 0.6) is 5.75 Å². The number of nitrogens with one attached hydrogen (secondary N) is 3. The maximum Gasteiger partial charge on any atom is 0.323 e. The van der Waals surface area contributed by atoms with Gasteiger partial charge in [0.1, 0.15) is 29.8 Å². The van der Waals surface area contributed by atoms with E-state index in [0.29, 0.717) is 58.6 Å². The lowest BCUT2D eigenvalue weighted by Gasteiger charge is -2.42. The summed E-state index contributed by atoms with van der Waals surface area (Å²) in [5.74, 6) is 0.533. The first-order valence-corrected chi connectivity index (χ1v) is 13.8. The average Bonchev–Trinajstić information content (AvgIpc) is 3.27. The number of urea groups is 1. The molecule has 5 rings (SSSR count). The molecule has 0 radical (unpaired) electrons. The highest BCUT2D eigenvalue weighted by atomic mass is 35.5. The number of benzene rings is 2. The molecule has 0 bridgehead atoms. The number of fused-ring (bicyclic) bond motifs is 2. The Morgan fingerprint density at radius 3 is 2.61 bits per heavy atom. The summed E-state index contributed by atoms with van der Waals surface area (Å²) in [6.45, 7) is 4.06. The molecule has 3 aromatic rings. The van der Waals surface area contributed by atoms with Gasteiger partial charge < -0.3 is 34.8 Å². The molecule has 0 saturated carbocycles. The second-order valence-electron chi connectivity index (χ2n) is 10.3. The van der Waals surface area contributed by atoms with Crippen LogP contribution in [-0.2, 0) is 16.1 Å². The van der Waals surface area contributed by atoms with Gasteiger partial charge in [0.2, 0.25) is 5.91 Å². The molecule has 1 fully saturated rings. The standard InChI is InChI=1S/C29H32ClN5O6/c1-16-27(17(2)41-34-16)33-29(38)32-20-8-11-24-22(12-20)28(37)35(3)23-10-9-21(40-25(23)15-39-24)13-26(36)31-14-18-4-6-19(30)7-5-18/h4-8,11-12,21,23,25H,9-10,13-15H2,1-3H3,(H,31,36)(H2,32,33,38)/t21-,23-,25-/m0/s1. The monoisotopic (exact) mass is 581 g/mol. The van der Waals surface area contributed by atoms with Gasteiger partial charge in [-0.2, -0.15) is 0 Å². The molecule has 4 amide bonds. The maximum absolute atomic E-state index is 13.5. The zero-order chi connectivity index (χ0) is 29.1. The number of likely N-dealkylation sites (N-methyl/N-ethyl adjacent to an activating group) is 1. The van der Waals surface area contributed by atoms with Crippen LogP contribution in [0.2, 0.25) is 5.02 Å². The Kier molecular flexibility index (Phi) is 8.46. The van der Waals surface area contributed by atoms with Crippen molar-refractivity contribution in [1.82, 2.24) is 15.4 Å². The van der Waals surface area contributed by atoms with E-state index in [9.17, 15) is 14.4 Å². The van der Waals surface area contributed by atoms with Crippen molar-refractivity contribution in [1.29, 1.82) is 0 Å². The van der Waals surface area contributed by atoms with E-state index < -0.39 is 12.1 Å². The van der Waals surface area contributed by atoms with E-state index in [0.717, 1.165) is 5.56 Å². The smallest absolute Gasteiger partial charge is 0.323 e. The highest BCUT2D eigenvalue weighted by Gasteiger charge is 2.39. The Morgan fingerprint density at radius 1 is 1.10 bits per heavy atom. The summed E-state index contributed by atoms with van der Waals surface area (Å²) in [6, 6.07) is 11.5. The van der Waals surface area contributed by atoms with Crippen LogP contribution >= 0.6 is 11.6 Å². The fraction of sp³-hybridized carbons (Fsp3) is 0.379. The normalized spacial score (nSPS) is 20.1. The molecule has 0 spiro atoms. The molecule has 3 heterocycles. The molecule has 2 aliphatic rings. The van der Waals surface area contributed by atoms with Crippen LogP contribution in [0.1, 0.15) is 46.6 Å². The summed E-state index contributed by atoms with van der Waals surface area (Å²) in [4.78, 5) is 40.3. The van der Waals surface area contributed by atoms with Crippen LogP contribution in [0, 0.1) is 13.8 Å². The Labute approximate surface area is 242 Å². The summed E-state index contributed by atoms with van der Waals surface area (Å²) in [6.07, 6.45) is 0.840. The highest BCUT2D eigenvalue weighted by Crippen LogP contribution is 2.32. The molecule has 3 atom stereocenters. The summed E-state index contributed by atoms with van der Waals surface area (Å²) in [5, 5.41) is 12.9. The predicted molar refractivity (Wildman–Crippen MR) is 152 cm³/mol. The van der Waals surface area contributed by atoms with Crippen LogP contribution in [0.3, 0.4) is 0 Å². The second-order valence-corrected chi connectivity index (χ2v) is 10.7. The van der Waals surface area contributed by atoms with Crippen molar-refractivity contribution in [3.63, 3.8) is 0 Å². The largest absolute Gasteiger partial charge is 0.490 e. The van der Waals surface area contributed by atoms with E-state index >= 15 is 0 Å². The molecule has 216 valence electrons. The van der Waals surface area contributed by atoms with Gasteiger partial charge in [-0.05, 0) is 62.6 Å². The fourth-order valence-corrected chi connectivity index (χ4v) is 5.25. The van der Waals surface area contributed by atoms with Crippen molar-refractivity contribution in [2.45, 2.75) is 57.9 Å². The lowest BCUT2D eigenvalue weighted by molar-refractivity contribution is -0.134. The van der Waals surface area contributed by atoms with Gasteiger partial charge in [0.05, 0.1) is 24.1 Å². The van der Waals surface area contributed by atoms with Gasteiger partial charge >= 0.3 is 6.03 Å². The lowest BCUT2D eigenvalue weighted by Crippen LogP contribution is -2.53. The maximum atomic E-state index is 13.5. The third kappa shape index (κ3) is 6.63. The molecule has 11 nitrogen and oxygen atoms in total. The van der Waals surface area contributed by atoms with Crippen molar-refractivity contribution in [3.05, 3.63) is 70.1 Å². The van der Waals surface area contributed by atoms with Crippen molar-refractivity contribution >= 4 is 40.8 Å². The number of aromatic nitrogens is 1. The second kappa shape index (κ2) is 12.2. The Balaban J connectivity index is 1.20. The van der Waals surface area contributed by atoms with Crippen molar-refractivity contribution in [2.75, 3.05) is 24.3 Å². The molecule has 0 unspecified atom stereocenters. The molecular formula is C29H32ClN5O6. The van der Waals surface area contributed by atoms with Crippen LogP contribution in [0.15, 0.2) is 47.0 Å². The Hall–Kier alpha value is -4.09. The van der Waals surface area contributed by atoms with Crippen LogP contribution < -0.4 is 20.7 Å². The number of hydrogen-bond acceptors (Lipinski definition) is 7. The molecular weight excluding hydrogens is 550 g/mol. The van der Waals surface area contributed by atoms with Crippen molar-refractivity contribution in [2.24, 2.45) is 0 Å². The quantitative estimate of drug-likeness (QED) is 0.385. The third-order valence-corrected chi connectivity index (χ3v) is 7.61. The van der Waals surface area contributed by atoms with E-state index in [1.54, 1.807) is 56.1 Å². The van der Waals surface area contributed by atoms with Gasteiger partial charge in [0, 0.05) is 24.3 Å². The van der Waals surface area contributed by atoms with E-state index in [1.807, 2.05) is 12.1 Å². The van der Waals surface area contributed by atoms with Gasteiger partial charge in [0.15, 0.2) is 5.76 Å². The first-order valence-electron chi connectivity index (χ1n) is 13.4. The number of anilines is 2. The summed E-state index contributed by atoms with van der Waals surface area (Å²) in [5.41, 5.74) is 2.78. The summed E-state index contributed by atoms with van der Waals surface area (Å²) in [7, 11) is 1.74. The number of aryl methyl sites for hydroxylation is 2. The molecule has 12 heteroatoms. The number of halogens is 1. The molecule has 3 N–H and O–H groups in total. The molecule has 1 aromatic heterocycles. The minimum absolute atomic E-state index is 0.108. The SMILES string of the molecule is Cc1noc(C)c1NC(=O)Nc1ccc2c(c1)C(=O)N(C)[C@H]1CC[C@@H](CC(=O)NCc3ccc(Cl)cc3)O[C@H]1CO2. The number of ether oxygens (including phenoxy) is 2. The van der Waals surface area contributed by atoms with E-state index in [4.69, 9.17) is 25.6 Å². The molecule has 2 aromatic carbocycles. The van der Waals surface area contributed by atoms with Crippen LogP contribution in [-0.4, -0.2) is 59.8 Å². The number of carbonyl (C=O) groups excluding carboxylic acids is 3. The number of amides is 4. The van der Waals surface area contributed by atoms with Gasteiger partial charge in [-0.3, -0.25) is 9.59 Å². The van der Waals surface area contributed by atoms with Crippen LogP contribution in [0.4, 0.5) is 16.2 Å². The third-order valence-electron chi connectivity index (χ3n) is 7.36. The molecule has 1 saturated heterocycles. The van der Waals surface area contributed by atoms with Crippen molar-refractivity contribution < 1.29 is 28.4 Å². The van der Waals surface area contributed by atoms with E-state index in [1.165, 1.54) is 0 Å². The molecule has 2 aliphatic heterocycles. The minimum atomic E-state index is -0.490. The number of hydrogen-bond donors (Lipinski definition) is 3. The minimum Gasteiger partial charge on any atom is -0.490 e. The van der Waals surface area contributed by atoms with Gasteiger partial charge in [-0.1, -0.05) is 28.9 Å². The van der Waals surface area contributed by atoms with Gasteiger partial charge in [-0.15, -0.1) is 0 Å². The Morgan fingerprint density at radius 2 is 1.88 bits per heavy atom. The number of nitrogens with zero attached hydrogens (tertiary/aromatic N) is 2. The Bertz CT molecular complexity index is 1420. The summed E-state index contributed by atoms with van der Waals surface area (Å²) >= 11 is 5.92. The highest BCUT2D eigenvalue weighted by molar-refractivity contribution is 6.30.